The molecule has 1 aliphatic heterocycles. The number of carbonyl (C=O) groups is 2. The van der Waals surface area contributed by atoms with Gasteiger partial charge in [0.1, 0.15) is 5.82 Å². The quantitative estimate of drug-likeness (QED) is 0.882. The summed E-state index contributed by atoms with van der Waals surface area (Å²) in [7, 11) is 0. The van der Waals surface area contributed by atoms with Crippen LogP contribution in [-0.2, 0) is 4.79 Å². The van der Waals surface area contributed by atoms with E-state index in [1.54, 1.807) is 17.9 Å². The number of aliphatic hydroxyl groups is 1. The second-order valence-electron chi connectivity index (χ2n) is 5.83. The molecule has 2 heterocycles. The van der Waals surface area contributed by atoms with E-state index in [4.69, 9.17) is 5.11 Å². The van der Waals surface area contributed by atoms with Crippen LogP contribution < -0.4 is 0 Å². The highest BCUT2D eigenvalue weighted by Gasteiger charge is 2.40. The van der Waals surface area contributed by atoms with Gasteiger partial charge in [-0.25, -0.2) is 9.18 Å². The summed E-state index contributed by atoms with van der Waals surface area (Å²) in [4.78, 5) is 25.8. The van der Waals surface area contributed by atoms with E-state index in [9.17, 15) is 19.1 Å². The van der Waals surface area contributed by atoms with E-state index in [0.29, 0.717) is 4.88 Å². The molecule has 0 unspecified atom stereocenters. The molecular formula is C16H16FNO4S. The molecule has 5 nitrogen and oxygen atoms in total. The monoisotopic (exact) mass is 337 g/mol. The number of carboxylic acid groups (broad SMARTS) is 1. The molecule has 122 valence electrons. The summed E-state index contributed by atoms with van der Waals surface area (Å²) in [5, 5.41) is 19.7. The largest absolute Gasteiger partial charge is 0.479 e. The number of benzene rings is 1. The number of amides is 1. The molecule has 0 radical (unpaired) electrons. The van der Waals surface area contributed by atoms with Gasteiger partial charge in [-0.05, 0) is 36.1 Å². The summed E-state index contributed by atoms with van der Waals surface area (Å²) < 4.78 is 14.2. The molecule has 7 heteroatoms. The van der Waals surface area contributed by atoms with Gasteiger partial charge in [0.2, 0.25) is 0 Å². The second-order valence-corrected chi connectivity index (χ2v) is 6.88. The van der Waals surface area contributed by atoms with E-state index in [1.165, 1.54) is 23.5 Å². The first-order valence-corrected chi connectivity index (χ1v) is 8.07. The molecule has 2 N–H and O–H groups in total. The van der Waals surface area contributed by atoms with Crippen LogP contribution in [0.4, 0.5) is 4.39 Å². The van der Waals surface area contributed by atoms with Crippen LogP contribution in [0.1, 0.15) is 28.1 Å². The lowest BCUT2D eigenvalue weighted by Crippen LogP contribution is -2.50. The fourth-order valence-electron chi connectivity index (χ4n) is 2.83. The molecule has 1 fully saturated rings. The Labute approximate surface area is 136 Å². The molecule has 1 aromatic heterocycles. The minimum absolute atomic E-state index is 0.00659. The van der Waals surface area contributed by atoms with Crippen molar-refractivity contribution in [3.05, 3.63) is 34.5 Å². The van der Waals surface area contributed by atoms with Crippen molar-refractivity contribution in [3.63, 3.8) is 0 Å². The van der Waals surface area contributed by atoms with E-state index < -0.39 is 11.6 Å². The minimum Gasteiger partial charge on any atom is -0.479 e. The number of halogens is 1. The number of carboxylic acids is 1. The summed E-state index contributed by atoms with van der Waals surface area (Å²) in [5.41, 5.74) is -1.02. The second kappa shape index (κ2) is 5.58. The minimum atomic E-state index is -1.75. The van der Waals surface area contributed by atoms with Crippen molar-refractivity contribution < 1.29 is 24.2 Å². The smallest absolute Gasteiger partial charge is 0.335 e. The molecule has 1 aliphatic rings. The third-order valence-electron chi connectivity index (χ3n) is 4.37. The first kappa shape index (κ1) is 15.9. The number of hydrogen-bond donors (Lipinski definition) is 2. The van der Waals surface area contributed by atoms with Crippen molar-refractivity contribution >= 4 is 33.3 Å². The van der Waals surface area contributed by atoms with E-state index in [-0.39, 0.29) is 37.7 Å². The summed E-state index contributed by atoms with van der Waals surface area (Å²) >= 11 is 1.30. The fourth-order valence-corrected chi connectivity index (χ4v) is 3.99. The summed E-state index contributed by atoms with van der Waals surface area (Å²) in [6.45, 7) is 2.15. The number of aryl methyl sites for hydroxylation is 1. The zero-order valence-electron chi connectivity index (χ0n) is 12.5. The lowest BCUT2D eigenvalue weighted by atomic mass is 9.91. The third-order valence-corrected chi connectivity index (χ3v) is 5.63. The lowest BCUT2D eigenvalue weighted by Gasteiger charge is -2.35. The number of rotatable bonds is 2. The Bertz CT molecular complexity index is 793. The van der Waals surface area contributed by atoms with Crippen LogP contribution in [0.15, 0.2) is 18.2 Å². The Balaban J connectivity index is 1.85. The van der Waals surface area contributed by atoms with Crippen LogP contribution >= 0.6 is 11.3 Å². The number of fused-ring (bicyclic) bond motifs is 1. The summed E-state index contributed by atoms with van der Waals surface area (Å²) in [6.07, 6.45) is 0.0132. The zero-order valence-corrected chi connectivity index (χ0v) is 13.3. The normalized spacial score (nSPS) is 17.4. The molecule has 1 saturated heterocycles. The lowest BCUT2D eigenvalue weighted by molar-refractivity contribution is -0.162. The Morgan fingerprint density at radius 2 is 1.96 bits per heavy atom. The van der Waals surface area contributed by atoms with Gasteiger partial charge < -0.3 is 15.1 Å². The average Bonchev–Trinajstić information content (AvgIpc) is 2.84. The van der Waals surface area contributed by atoms with Gasteiger partial charge >= 0.3 is 5.97 Å². The molecule has 0 saturated carbocycles. The Morgan fingerprint density at radius 1 is 1.30 bits per heavy atom. The van der Waals surface area contributed by atoms with E-state index in [2.05, 4.69) is 0 Å². The number of hydrogen-bond acceptors (Lipinski definition) is 4. The maximum Gasteiger partial charge on any atom is 0.335 e. The van der Waals surface area contributed by atoms with Crippen LogP contribution in [0.2, 0.25) is 0 Å². The maximum absolute atomic E-state index is 13.4. The van der Waals surface area contributed by atoms with Crippen LogP contribution in [0, 0.1) is 12.7 Å². The Kier molecular flexibility index (Phi) is 3.85. The van der Waals surface area contributed by atoms with E-state index in [1.807, 2.05) is 0 Å². The number of carbonyl (C=O) groups excluding carboxylic acids is 1. The predicted molar refractivity (Wildman–Crippen MR) is 84.2 cm³/mol. The molecule has 2 aromatic rings. The van der Waals surface area contributed by atoms with Crippen molar-refractivity contribution in [2.45, 2.75) is 25.4 Å². The van der Waals surface area contributed by atoms with Gasteiger partial charge in [0, 0.05) is 30.6 Å². The topological polar surface area (TPSA) is 77.8 Å². The van der Waals surface area contributed by atoms with E-state index in [0.717, 1.165) is 15.6 Å². The average molecular weight is 337 g/mol. The van der Waals surface area contributed by atoms with Gasteiger partial charge in [-0.3, -0.25) is 4.79 Å². The summed E-state index contributed by atoms with van der Waals surface area (Å²) in [5.74, 6) is -1.79. The van der Waals surface area contributed by atoms with Crippen molar-refractivity contribution in [1.29, 1.82) is 0 Å². The molecule has 1 amide bonds. The molecule has 0 atom stereocenters. The SMILES string of the molecule is Cc1c(C(=O)N2CCC(O)(C(=O)O)CC2)sc2ccc(F)cc12. The zero-order chi connectivity index (χ0) is 16.8. The molecule has 23 heavy (non-hydrogen) atoms. The fraction of sp³-hybridized carbons (Fsp3) is 0.375. The Hall–Kier alpha value is -1.99. The number of nitrogens with zero attached hydrogens (tertiary/aromatic N) is 1. The highest BCUT2D eigenvalue weighted by molar-refractivity contribution is 7.21. The maximum atomic E-state index is 13.4. The highest BCUT2D eigenvalue weighted by Crippen LogP contribution is 2.33. The van der Waals surface area contributed by atoms with Crippen LogP contribution in [0.3, 0.4) is 0 Å². The van der Waals surface area contributed by atoms with Crippen molar-refractivity contribution in [2.75, 3.05) is 13.1 Å². The van der Waals surface area contributed by atoms with Crippen LogP contribution in [0.25, 0.3) is 10.1 Å². The number of thiophene rings is 1. The standard InChI is InChI=1S/C16H16FNO4S/c1-9-11-8-10(17)2-3-12(11)23-13(9)14(19)18-6-4-16(22,5-7-18)15(20)21/h2-3,8,22H,4-7H2,1H3,(H,20,21). The molecule has 3 rings (SSSR count). The Morgan fingerprint density at radius 3 is 2.57 bits per heavy atom. The number of aliphatic carboxylic acids is 1. The van der Waals surface area contributed by atoms with Crippen molar-refractivity contribution in [2.24, 2.45) is 0 Å². The summed E-state index contributed by atoms with van der Waals surface area (Å²) in [6, 6.07) is 4.43. The predicted octanol–water partition coefficient (Wildman–Crippen LogP) is 2.40. The van der Waals surface area contributed by atoms with Gasteiger partial charge in [-0.2, -0.15) is 0 Å². The molecular weight excluding hydrogens is 321 g/mol. The van der Waals surface area contributed by atoms with E-state index >= 15 is 0 Å². The van der Waals surface area contributed by atoms with Gasteiger partial charge in [-0.15, -0.1) is 11.3 Å². The first-order valence-electron chi connectivity index (χ1n) is 7.25. The molecule has 0 aliphatic carbocycles. The van der Waals surface area contributed by atoms with Gasteiger partial charge in [0.05, 0.1) is 4.88 Å². The number of piperidine rings is 1. The van der Waals surface area contributed by atoms with Crippen LogP contribution in [-0.4, -0.2) is 45.7 Å². The van der Waals surface area contributed by atoms with Gasteiger partial charge in [-0.1, -0.05) is 0 Å². The molecule has 0 spiro atoms. The third kappa shape index (κ3) is 2.70. The molecule has 0 bridgehead atoms. The van der Waals surface area contributed by atoms with Crippen molar-refractivity contribution in [3.8, 4) is 0 Å². The van der Waals surface area contributed by atoms with Gasteiger partial charge in [0.25, 0.3) is 5.91 Å². The van der Waals surface area contributed by atoms with Crippen molar-refractivity contribution in [1.82, 2.24) is 4.90 Å². The first-order chi connectivity index (χ1) is 10.8. The van der Waals surface area contributed by atoms with Gasteiger partial charge in [0.15, 0.2) is 5.60 Å². The highest BCUT2D eigenvalue weighted by atomic mass is 32.1. The number of likely N-dealkylation sites (tertiary alicyclic amines) is 1. The van der Waals surface area contributed by atoms with Crippen LogP contribution in [0.5, 0.6) is 0 Å². The molecule has 1 aromatic carbocycles.